The molecule has 4 rings (SSSR count). The minimum Gasteiger partial charge on any atom is -0.322 e. The summed E-state index contributed by atoms with van der Waals surface area (Å²) in [6, 6.07) is 18.6. The quantitative estimate of drug-likeness (QED) is 0.514. The van der Waals surface area contributed by atoms with Gasteiger partial charge in [-0.1, -0.05) is 35.9 Å². The fourth-order valence-electron chi connectivity index (χ4n) is 3.22. The van der Waals surface area contributed by atoms with Gasteiger partial charge in [-0.25, -0.2) is 8.42 Å². The van der Waals surface area contributed by atoms with Crippen LogP contribution in [0.15, 0.2) is 82.7 Å². The summed E-state index contributed by atoms with van der Waals surface area (Å²) < 4.78 is 26.9. The average Bonchev–Trinajstić information content (AvgIpc) is 3.05. The van der Waals surface area contributed by atoms with E-state index in [1.54, 1.807) is 73.7 Å². The molecule has 0 fully saturated rings. The molecule has 0 aliphatic carbocycles. The van der Waals surface area contributed by atoms with Gasteiger partial charge in [-0.05, 0) is 55.5 Å². The van der Waals surface area contributed by atoms with E-state index in [-0.39, 0.29) is 16.6 Å². The van der Waals surface area contributed by atoms with Crippen LogP contribution in [-0.4, -0.2) is 32.1 Å². The molecule has 0 aromatic heterocycles. The SMILES string of the molecule is C[C@H](N=C1NS(=O)(=O)c2ccccc21)C(=O)Nc1ccccc1NC(=O)c1ccc(Cl)cc1. The molecule has 3 aromatic rings. The molecule has 0 spiro atoms. The summed E-state index contributed by atoms with van der Waals surface area (Å²) in [7, 11) is -3.70. The number of carbonyl (C=O) groups is 2. The lowest BCUT2D eigenvalue weighted by Crippen LogP contribution is -2.29. The van der Waals surface area contributed by atoms with Crippen LogP contribution in [0.25, 0.3) is 0 Å². The molecule has 8 nitrogen and oxygen atoms in total. The molecule has 2 amide bonds. The summed E-state index contributed by atoms with van der Waals surface area (Å²) in [6.45, 7) is 1.55. The number of nitrogens with one attached hydrogen (secondary N) is 3. The molecule has 0 radical (unpaired) electrons. The Balaban J connectivity index is 1.51. The topological polar surface area (TPSA) is 117 Å². The highest BCUT2D eigenvalue weighted by atomic mass is 35.5. The molecule has 1 aliphatic rings. The number of anilines is 2. The van der Waals surface area contributed by atoms with Crippen LogP contribution in [0.3, 0.4) is 0 Å². The van der Waals surface area contributed by atoms with Gasteiger partial charge in [0.15, 0.2) is 0 Å². The van der Waals surface area contributed by atoms with Crippen molar-refractivity contribution < 1.29 is 18.0 Å². The molecule has 0 saturated heterocycles. The second kappa shape index (κ2) is 9.05. The zero-order valence-electron chi connectivity index (χ0n) is 17.4. The summed E-state index contributed by atoms with van der Waals surface area (Å²) >= 11 is 5.87. The van der Waals surface area contributed by atoms with Gasteiger partial charge in [0.25, 0.3) is 15.9 Å². The van der Waals surface area contributed by atoms with Gasteiger partial charge >= 0.3 is 0 Å². The fourth-order valence-corrected chi connectivity index (χ4v) is 4.58. The van der Waals surface area contributed by atoms with Gasteiger partial charge in [0, 0.05) is 16.1 Å². The summed E-state index contributed by atoms with van der Waals surface area (Å²) in [5.41, 5.74) is 1.60. The molecule has 3 aromatic carbocycles. The zero-order valence-corrected chi connectivity index (χ0v) is 18.9. The van der Waals surface area contributed by atoms with Crippen LogP contribution in [0, 0.1) is 0 Å². The summed E-state index contributed by atoms with van der Waals surface area (Å²) in [5, 5.41) is 6.01. The van der Waals surface area contributed by atoms with Crippen molar-refractivity contribution in [2.75, 3.05) is 10.6 Å². The average molecular weight is 483 g/mol. The van der Waals surface area contributed by atoms with Crippen LogP contribution in [-0.2, 0) is 14.8 Å². The predicted octanol–water partition coefficient (Wildman–Crippen LogP) is 3.66. The standard InChI is InChI=1S/C23H19ClN4O4S/c1-14(25-21-17-6-2-5-9-20(17)33(31,32)28-21)22(29)26-18-7-3-4-8-19(18)27-23(30)15-10-12-16(24)13-11-15/h2-14H,1H3,(H,25,28)(H,26,29)(H,27,30)/t14-/m0/s1. The first-order valence-corrected chi connectivity index (χ1v) is 11.8. The van der Waals surface area contributed by atoms with E-state index in [0.717, 1.165) is 0 Å². The van der Waals surface area contributed by atoms with Crippen LogP contribution in [0.4, 0.5) is 11.4 Å². The predicted molar refractivity (Wildman–Crippen MR) is 127 cm³/mol. The lowest BCUT2D eigenvalue weighted by Gasteiger charge is -2.14. The molecular weight excluding hydrogens is 464 g/mol. The maximum absolute atomic E-state index is 12.8. The molecule has 0 unspecified atom stereocenters. The number of benzene rings is 3. The largest absolute Gasteiger partial charge is 0.322 e. The summed E-state index contributed by atoms with van der Waals surface area (Å²) in [6.07, 6.45) is 0. The Morgan fingerprint density at radius 2 is 1.52 bits per heavy atom. The number of carbonyl (C=O) groups excluding carboxylic acids is 2. The van der Waals surface area contributed by atoms with Crippen LogP contribution in [0.5, 0.6) is 0 Å². The van der Waals surface area contributed by atoms with Crippen molar-refractivity contribution in [3.8, 4) is 0 Å². The molecule has 0 saturated carbocycles. The summed E-state index contributed by atoms with van der Waals surface area (Å²) in [4.78, 5) is 29.7. The van der Waals surface area contributed by atoms with E-state index in [0.29, 0.717) is 27.5 Å². The number of amidine groups is 1. The minimum atomic E-state index is -3.70. The highest BCUT2D eigenvalue weighted by molar-refractivity contribution is 7.90. The molecule has 168 valence electrons. The Morgan fingerprint density at radius 1 is 0.909 bits per heavy atom. The highest BCUT2D eigenvalue weighted by Gasteiger charge is 2.31. The van der Waals surface area contributed by atoms with Crippen LogP contribution in [0.1, 0.15) is 22.8 Å². The van der Waals surface area contributed by atoms with Crippen molar-refractivity contribution >= 4 is 50.6 Å². The summed E-state index contributed by atoms with van der Waals surface area (Å²) in [5.74, 6) is -0.726. The Hall–Kier alpha value is -3.69. The minimum absolute atomic E-state index is 0.109. The van der Waals surface area contributed by atoms with E-state index in [4.69, 9.17) is 11.6 Å². The van der Waals surface area contributed by atoms with Gasteiger partial charge < -0.3 is 10.6 Å². The fraction of sp³-hybridized carbons (Fsp3) is 0.0870. The Kier molecular flexibility index (Phi) is 6.17. The van der Waals surface area contributed by atoms with Crippen molar-refractivity contribution in [1.82, 2.24) is 4.72 Å². The lowest BCUT2D eigenvalue weighted by molar-refractivity contribution is -0.117. The second-order valence-corrected chi connectivity index (χ2v) is 9.34. The van der Waals surface area contributed by atoms with Gasteiger partial charge in [-0.2, -0.15) is 0 Å². The molecule has 1 atom stereocenters. The normalized spacial score (nSPS) is 15.9. The highest BCUT2D eigenvalue weighted by Crippen LogP contribution is 2.24. The second-order valence-electron chi connectivity index (χ2n) is 7.25. The van der Waals surface area contributed by atoms with Crippen LogP contribution < -0.4 is 15.4 Å². The third kappa shape index (κ3) is 4.89. The molecule has 33 heavy (non-hydrogen) atoms. The van der Waals surface area contributed by atoms with E-state index in [1.807, 2.05) is 0 Å². The van der Waals surface area contributed by atoms with Gasteiger partial charge in [-0.3, -0.25) is 19.3 Å². The number of sulfonamides is 1. The maximum atomic E-state index is 12.8. The third-order valence-electron chi connectivity index (χ3n) is 4.90. The van der Waals surface area contributed by atoms with E-state index in [9.17, 15) is 18.0 Å². The van der Waals surface area contributed by atoms with E-state index in [2.05, 4.69) is 20.3 Å². The smallest absolute Gasteiger partial charge is 0.263 e. The maximum Gasteiger partial charge on any atom is 0.263 e. The van der Waals surface area contributed by atoms with E-state index < -0.39 is 22.0 Å². The van der Waals surface area contributed by atoms with Crippen LogP contribution >= 0.6 is 11.6 Å². The number of para-hydroxylation sites is 2. The lowest BCUT2D eigenvalue weighted by atomic mass is 10.2. The Bertz CT molecular complexity index is 1370. The van der Waals surface area contributed by atoms with Gasteiger partial charge in [-0.15, -0.1) is 0 Å². The molecule has 1 aliphatic heterocycles. The third-order valence-corrected chi connectivity index (χ3v) is 6.55. The number of hydrogen-bond donors (Lipinski definition) is 3. The number of rotatable bonds is 5. The number of hydrogen-bond acceptors (Lipinski definition) is 5. The molecular formula is C23H19ClN4O4S. The zero-order chi connectivity index (χ0) is 23.6. The first kappa shape index (κ1) is 22.5. The van der Waals surface area contributed by atoms with Crippen molar-refractivity contribution in [2.24, 2.45) is 4.99 Å². The van der Waals surface area contributed by atoms with Gasteiger partial charge in [0.2, 0.25) is 5.91 Å². The number of amides is 2. The van der Waals surface area contributed by atoms with Crippen molar-refractivity contribution in [3.63, 3.8) is 0 Å². The first-order valence-electron chi connectivity index (χ1n) is 9.91. The van der Waals surface area contributed by atoms with Crippen molar-refractivity contribution in [2.45, 2.75) is 17.9 Å². The number of fused-ring (bicyclic) bond motifs is 1. The molecule has 1 heterocycles. The first-order chi connectivity index (χ1) is 15.7. The van der Waals surface area contributed by atoms with E-state index >= 15 is 0 Å². The van der Waals surface area contributed by atoms with Crippen LogP contribution in [0.2, 0.25) is 5.02 Å². The van der Waals surface area contributed by atoms with Crippen molar-refractivity contribution in [1.29, 1.82) is 0 Å². The molecule has 0 bridgehead atoms. The van der Waals surface area contributed by atoms with Crippen molar-refractivity contribution in [3.05, 3.63) is 88.9 Å². The number of aliphatic imine (C=N–C) groups is 1. The van der Waals surface area contributed by atoms with Gasteiger partial charge in [0.1, 0.15) is 11.9 Å². The monoisotopic (exact) mass is 482 g/mol. The van der Waals surface area contributed by atoms with Gasteiger partial charge in [0.05, 0.1) is 16.3 Å². The van der Waals surface area contributed by atoms with E-state index in [1.165, 1.54) is 6.07 Å². The molecule has 3 N–H and O–H groups in total. The Morgan fingerprint density at radius 3 is 2.21 bits per heavy atom. The molecule has 10 heteroatoms. The Labute approximate surface area is 195 Å². The number of nitrogens with zero attached hydrogens (tertiary/aromatic N) is 1. The number of halogens is 1.